The molecule has 2 aromatic carbocycles. The lowest BCUT2D eigenvalue weighted by molar-refractivity contribution is -0.144. The van der Waals surface area contributed by atoms with Crippen molar-refractivity contribution in [2.24, 2.45) is 5.16 Å². The van der Waals surface area contributed by atoms with E-state index < -0.39 is 4.75 Å². The molecule has 6 heteroatoms. The lowest BCUT2D eigenvalue weighted by atomic mass is 9.77. The van der Waals surface area contributed by atoms with Crippen molar-refractivity contribution in [3.63, 3.8) is 0 Å². The molecule has 26 heavy (non-hydrogen) atoms. The maximum absolute atomic E-state index is 12.5. The molecule has 0 aromatic heterocycles. The maximum atomic E-state index is 12.5. The fourth-order valence-corrected chi connectivity index (χ4v) is 6.00. The highest BCUT2D eigenvalue weighted by molar-refractivity contribution is 8.02. The molecule has 2 aliphatic heterocycles. The second-order valence-electron chi connectivity index (χ2n) is 6.82. The van der Waals surface area contributed by atoms with Crippen LogP contribution in [-0.2, 0) is 4.79 Å². The fourth-order valence-electron chi connectivity index (χ4n) is 4.08. The van der Waals surface area contributed by atoms with Gasteiger partial charge in [0.1, 0.15) is 0 Å². The Morgan fingerprint density at radius 1 is 1.19 bits per heavy atom. The predicted molar refractivity (Wildman–Crippen MR) is 105 cm³/mol. The Morgan fingerprint density at radius 3 is 2.19 bits per heavy atom. The molecular formula is C20H19ClN2O2S. The summed E-state index contributed by atoms with van der Waals surface area (Å²) in [7, 11) is 0. The number of β-lactam (4-membered cyclic amide) rings is 1. The Bertz CT molecular complexity index is 806. The van der Waals surface area contributed by atoms with Gasteiger partial charge in [-0.25, -0.2) is 0 Å². The third-order valence-corrected chi connectivity index (χ3v) is 7.49. The van der Waals surface area contributed by atoms with Crippen LogP contribution in [0.3, 0.4) is 0 Å². The number of benzene rings is 2. The highest BCUT2D eigenvalue weighted by atomic mass is 35.5. The molecule has 2 fully saturated rings. The van der Waals surface area contributed by atoms with Crippen LogP contribution in [0.15, 0.2) is 65.8 Å². The number of rotatable bonds is 4. The Hall–Kier alpha value is -1.98. The first-order valence-corrected chi connectivity index (χ1v) is 9.79. The summed E-state index contributed by atoms with van der Waals surface area (Å²) in [4.78, 5) is 14.4. The minimum atomic E-state index is -0.677. The van der Waals surface area contributed by atoms with Gasteiger partial charge in [-0.2, -0.15) is 0 Å². The number of halogens is 1. The summed E-state index contributed by atoms with van der Waals surface area (Å²) in [5, 5.41) is 12.9. The van der Waals surface area contributed by atoms with Crippen molar-refractivity contribution < 1.29 is 10.0 Å². The number of carbonyl (C=O) groups is 1. The molecule has 2 aromatic rings. The van der Waals surface area contributed by atoms with Crippen LogP contribution in [0.2, 0.25) is 0 Å². The number of carbonyl (C=O) groups excluding carboxylic acids is 1. The highest BCUT2D eigenvalue weighted by Crippen LogP contribution is 2.56. The third-order valence-electron chi connectivity index (χ3n) is 5.32. The number of hydrogen-bond acceptors (Lipinski definition) is 4. The van der Waals surface area contributed by atoms with Crippen molar-refractivity contribution in [3.05, 3.63) is 71.8 Å². The van der Waals surface area contributed by atoms with E-state index in [1.807, 2.05) is 48.2 Å². The molecule has 1 amide bonds. The smallest absolute Gasteiger partial charge is 0.226 e. The summed E-state index contributed by atoms with van der Waals surface area (Å²) in [6.07, 6.45) is 0.503. The first-order valence-electron chi connectivity index (χ1n) is 8.53. The molecule has 2 aliphatic rings. The molecule has 4 rings (SSSR count). The van der Waals surface area contributed by atoms with E-state index in [1.54, 1.807) is 11.8 Å². The van der Waals surface area contributed by atoms with Gasteiger partial charge >= 0.3 is 0 Å². The van der Waals surface area contributed by atoms with E-state index >= 15 is 0 Å². The molecule has 134 valence electrons. The second kappa shape index (κ2) is 6.63. The largest absolute Gasteiger partial charge is 0.410 e. The molecule has 0 radical (unpaired) electrons. The van der Waals surface area contributed by atoms with Gasteiger partial charge in [0.2, 0.25) is 5.91 Å². The van der Waals surface area contributed by atoms with E-state index in [4.69, 9.17) is 11.6 Å². The summed E-state index contributed by atoms with van der Waals surface area (Å²) >= 11 is 7.98. The average molecular weight is 387 g/mol. The molecule has 0 unspecified atom stereocenters. The van der Waals surface area contributed by atoms with Crippen LogP contribution in [0.25, 0.3) is 0 Å². The van der Waals surface area contributed by atoms with E-state index in [-0.39, 0.29) is 28.4 Å². The van der Waals surface area contributed by atoms with E-state index in [9.17, 15) is 10.0 Å². The van der Waals surface area contributed by atoms with Gasteiger partial charge < -0.3 is 10.1 Å². The summed E-state index contributed by atoms with van der Waals surface area (Å²) in [6.45, 7) is 1.97. The Kier molecular flexibility index (Phi) is 4.45. The van der Waals surface area contributed by atoms with Crippen LogP contribution in [0.5, 0.6) is 0 Å². The zero-order valence-corrected chi connectivity index (χ0v) is 15.8. The minimum Gasteiger partial charge on any atom is -0.410 e. The Balaban J connectivity index is 1.89. The molecule has 0 spiro atoms. The molecular weight excluding hydrogens is 368 g/mol. The van der Waals surface area contributed by atoms with Crippen molar-refractivity contribution in [2.75, 3.05) is 0 Å². The van der Waals surface area contributed by atoms with Gasteiger partial charge in [-0.1, -0.05) is 77.4 Å². The lowest BCUT2D eigenvalue weighted by Crippen LogP contribution is -2.57. The standard InChI is InChI=1S/C20H19ClN2O2S/c1-20(19(21)22-25)18(23-15(24)12-16(23)26-20)17(13-8-4-2-5-9-13)14-10-6-3-7-11-14/h2-11,16-18,25H,12H2,1H3/b22-19-/t16-,18+,20-/m1/s1. The number of oxime groups is 1. The highest BCUT2D eigenvalue weighted by Gasteiger charge is 2.62. The predicted octanol–water partition coefficient (Wildman–Crippen LogP) is 4.28. The molecule has 0 aliphatic carbocycles. The molecule has 0 bridgehead atoms. The van der Waals surface area contributed by atoms with Crippen molar-refractivity contribution >= 4 is 34.4 Å². The first-order chi connectivity index (χ1) is 12.6. The maximum Gasteiger partial charge on any atom is 0.226 e. The van der Waals surface area contributed by atoms with Gasteiger partial charge in [-0.05, 0) is 18.1 Å². The SMILES string of the molecule is C[C@@]1(/C(Cl)=N/O)S[C@@H]2CC(=O)N2[C@H]1C(c1ccccc1)c1ccccc1. The molecule has 2 heterocycles. The van der Waals surface area contributed by atoms with Gasteiger partial charge in [0, 0.05) is 5.92 Å². The lowest BCUT2D eigenvalue weighted by Gasteiger charge is -2.43. The van der Waals surface area contributed by atoms with E-state index in [0.717, 1.165) is 11.1 Å². The number of nitrogens with zero attached hydrogens (tertiary/aromatic N) is 2. The Morgan fingerprint density at radius 2 is 1.73 bits per heavy atom. The van der Waals surface area contributed by atoms with Crippen LogP contribution in [0, 0.1) is 0 Å². The molecule has 3 atom stereocenters. The van der Waals surface area contributed by atoms with Crippen LogP contribution in [0.1, 0.15) is 30.4 Å². The van der Waals surface area contributed by atoms with E-state index in [0.29, 0.717) is 6.42 Å². The van der Waals surface area contributed by atoms with Crippen LogP contribution in [0.4, 0.5) is 0 Å². The van der Waals surface area contributed by atoms with Crippen LogP contribution < -0.4 is 0 Å². The van der Waals surface area contributed by atoms with Gasteiger partial charge in [0.25, 0.3) is 0 Å². The van der Waals surface area contributed by atoms with Gasteiger partial charge in [-0.3, -0.25) is 4.79 Å². The molecule has 0 saturated carbocycles. The first kappa shape index (κ1) is 17.4. The minimum absolute atomic E-state index is 0.0698. The number of hydrogen-bond donors (Lipinski definition) is 1. The van der Waals surface area contributed by atoms with Crippen molar-refractivity contribution in [1.82, 2.24) is 4.90 Å². The van der Waals surface area contributed by atoms with Gasteiger partial charge in [0.15, 0.2) is 5.17 Å². The van der Waals surface area contributed by atoms with Crippen LogP contribution >= 0.6 is 23.4 Å². The molecule has 2 saturated heterocycles. The van der Waals surface area contributed by atoms with Crippen LogP contribution in [-0.4, -0.2) is 37.3 Å². The fraction of sp³-hybridized carbons (Fsp3) is 0.300. The second-order valence-corrected chi connectivity index (χ2v) is 8.81. The summed E-state index contributed by atoms with van der Waals surface area (Å²) in [5.41, 5.74) is 2.22. The summed E-state index contributed by atoms with van der Waals surface area (Å²) in [6, 6.07) is 20.0. The normalized spacial score (nSPS) is 28.2. The summed E-state index contributed by atoms with van der Waals surface area (Å²) < 4.78 is -0.677. The van der Waals surface area contributed by atoms with Gasteiger partial charge in [0.05, 0.1) is 22.6 Å². The molecule has 1 N–H and O–H groups in total. The average Bonchev–Trinajstić information content (AvgIpc) is 2.91. The molecule has 4 nitrogen and oxygen atoms in total. The number of thioether (sulfide) groups is 1. The third kappa shape index (κ3) is 2.61. The quantitative estimate of drug-likeness (QED) is 0.369. The Labute approximate surface area is 161 Å². The monoisotopic (exact) mass is 386 g/mol. The van der Waals surface area contributed by atoms with E-state index in [1.165, 1.54) is 0 Å². The van der Waals surface area contributed by atoms with Gasteiger partial charge in [-0.15, -0.1) is 11.8 Å². The van der Waals surface area contributed by atoms with E-state index in [2.05, 4.69) is 29.4 Å². The topological polar surface area (TPSA) is 52.9 Å². The zero-order chi connectivity index (χ0) is 18.3. The van der Waals surface area contributed by atoms with Crippen molar-refractivity contribution in [3.8, 4) is 0 Å². The van der Waals surface area contributed by atoms with Crippen molar-refractivity contribution in [2.45, 2.75) is 35.4 Å². The number of fused-ring (bicyclic) bond motifs is 1. The zero-order valence-electron chi connectivity index (χ0n) is 14.2. The van der Waals surface area contributed by atoms with Crippen molar-refractivity contribution in [1.29, 1.82) is 0 Å². The summed E-state index contributed by atoms with van der Waals surface area (Å²) in [5.74, 6) is 0.0511. The number of amides is 1.